The fourth-order valence-electron chi connectivity index (χ4n) is 3.45. The maximum absolute atomic E-state index is 12.5. The van der Waals surface area contributed by atoms with Crippen LogP contribution in [0.15, 0.2) is 0 Å². The van der Waals surface area contributed by atoms with Crippen molar-refractivity contribution in [1.29, 1.82) is 0 Å². The average Bonchev–Trinajstić information content (AvgIpc) is 3.18. The van der Waals surface area contributed by atoms with Crippen molar-refractivity contribution in [3.8, 4) is 0 Å². The average molecular weight is 318 g/mol. The van der Waals surface area contributed by atoms with E-state index in [2.05, 4.69) is 19.0 Å². The van der Waals surface area contributed by atoms with Crippen molar-refractivity contribution < 1.29 is 17.9 Å². The third-order valence-electron chi connectivity index (χ3n) is 4.53. The van der Waals surface area contributed by atoms with Crippen molar-refractivity contribution in [2.24, 2.45) is 5.92 Å². The van der Waals surface area contributed by atoms with E-state index >= 15 is 0 Å². The van der Waals surface area contributed by atoms with Crippen LogP contribution in [0.2, 0.25) is 0 Å². The summed E-state index contributed by atoms with van der Waals surface area (Å²) in [5.41, 5.74) is -0.445. The molecule has 21 heavy (non-hydrogen) atoms. The maximum Gasteiger partial charge on any atom is 0.217 e. The van der Waals surface area contributed by atoms with E-state index in [0.29, 0.717) is 38.8 Å². The molecule has 122 valence electrons. The van der Waals surface area contributed by atoms with E-state index in [1.165, 1.54) is 0 Å². The molecule has 0 aromatic rings. The molecule has 3 aliphatic rings. The number of rotatable bonds is 4. The Kier molecular flexibility index (Phi) is 4.31. The summed E-state index contributed by atoms with van der Waals surface area (Å²) >= 11 is 0. The van der Waals surface area contributed by atoms with Crippen LogP contribution in [0.1, 0.15) is 19.3 Å². The summed E-state index contributed by atoms with van der Waals surface area (Å²) in [7, 11) is 0.955. The predicted octanol–water partition coefficient (Wildman–Crippen LogP) is 0.148. The first-order valence-electron chi connectivity index (χ1n) is 7.77. The first-order chi connectivity index (χ1) is 9.91. The molecule has 1 aliphatic carbocycles. The second kappa shape index (κ2) is 5.77. The van der Waals surface area contributed by atoms with Gasteiger partial charge in [-0.3, -0.25) is 0 Å². The lowest BCUT2D eigenvalue weighted by Crippen LogP contribution is -2.47. The molecule has 3 fully saturated rings. The van der Waals surface area contributed by atoms with E-state index in [0.717, 1.165) is 25.8 Å². The lowest BCUT2D eigenvalue weighted by molar-refractivity contribution is -0.0512. The molecule has 0 unspecified atom stereocenters. The van der Waals surface area contributed by atoms with E-state index in [9.17, 15) is 8.42 Å². The molecule has 7 heteroatoms. The van der Waals surface area contributed by atoms with Crippen molar-refractivity contribution in [3.05, 3.63) is 0 Å². The van der Waals surface area contributed by atoms with Crippen LogP contribution < -0.4 is 0 Å². The van der Waals surface area contributed by atoms with Gasteiger partial charge in [-0.05, 0) is 39.3 Å². The zero-order chi connectivity index (χ0) is 15.1. The minimum atomic E-state index is -3.15. The van der Waals surface area contributed by atoms with Crippen molar-refractivity contribution in [2.45, 2.75) is 30.1 Å². The maximum atomic E-state index is 12.5. The predicted molar refractivity (Wildman–Crippen MR) is 79.7 cm³/mol. The van der Waals surface area contributed by atoms with Gasteiger partial charge in [-0.25, -0.2) is 8.42 Å². The van der Waals surface area contributed by atoms with E-state index in [1.807, 2.05) is 0 Å². The van der Waals surface area contributed by atoms with E-state index in [4.69, 9.17) is 9.47 Å². The van der Waals surface area contributed by atoms with Gasteiger partial charge in [0.25, 0.3) is 0 Å². The summed E-state index contributed by atoms with van der Waals surface area (Å²) in [6.45, 7) is 3.55. The van der Waals surface area contributed by atoms with Gasteiger partial charge in [0, 0.05) is 19.6 Å². The zero-order valence-corrected chi connectivity index (χ0v) is 13.8. The minimum absolute atomic E-state index is 0.161. The first kappa shape index (κ1) is 15.7. The molecule has 0 aromatic heterocycles. The Balaban J connectivity index is 1.71. The van der Waals surface area contributed by atoms with Crippen molar-refractivity contribution in [3.63, 3.8) is 0 Å². The summed E-state index contributed by atoms with van der Waals surface area (Å²) in [5.74, 6) is 0.451. The molecule has 3 rings (SSSR count). The molecule has 0 N–H and O–H groups in total. The highest BCUT2D eigenvalue weighted by Gasteiger charge is 2.48. The number of sulfonamides is 1. The van der Waals surface area contributed by atoms with Gasteiger partial charge in [-0.2, -0.15) is 4.31 Å². The van der Waals surface area contributed by atoms with Crippen LogP contribution in [-0.4, -0.2) is 82.0 Å². The molecule has 6 nitrogen and oxygen atoms in total. The van der Waals surface area contributed by atoms with Crippen LogP contribution >= 0.6 is 0 Å². The van der Waals surface area contributed by atoms with Crippen molar-refractivity contribution >= 4 is 10.0 Å². The number of ether oxygens (including phenoxy) is 2. The highest BCUT2D eigenvalue weighted by Crippen LogP contribution is 2.37. The quantitative estimate of drug-likeness (QED) is 0.738. The van der Waals surface area contributed by atoms with Crippen LogP contribution in [0, 0.1) is 5.92 Å². The van der Waals surface area contributed by atoms with Gasteiger partial charge in [-0.1, -0.05) is 0 Å². The Bertz CT molecular complexity index is 477. The van der Waals surface area contributed by atoms with E-state index in [1.54, 1.807) is 4.31 Å². The lowest BCUT2D eigenvalue weighted by atomic mass is 9.94. The first-order valence-corrected chi connectivity index (χ1v) is 9.27. The minimum Gasteiger partial charge on any atom is -0.377 e. The van der Waals surface area contributed by atoms with Crippen LogP contribution in [0.5, 0.6) is 0 Å². The summed E-state index contributed by atoms with van der Waals surface area (Å²) in [5, 5.41) is -0.161. The van der Waals surface area contributed by atoms with Gasteiger partial charge in [0.05, 0.1) is 25.1 Å². The molecular weight excluding hydrogens is 292 g/mol. The van der Waals surface area contributed by atoms with Gasteiger partial charge in [0.1, 0.15) is 5.60 Å². The van der Waals surface area contributed by atoms with Gasteiger partial charge < -0.3 is 14.4 Å². The Morgan fingerprint density at radius 1 is 1.33 bits per heavy atom. The third-order valence-corrected chi connectivity index (χ3v) is 6.87. The molecule has 0 radical (unpaired) electrons. The highest BCUT2D eigenvalue weighted by atomic mass is 32.2. The molecule has 2 aliphatic heterocycles. The van der Waals surface area contributed by atoms with Gasteiger partial charge >= 0.3 is 0 Å². The topological polar surface area (TPSA) is 59.1 Å². The van der Waals surface area contributed by atoms with Crippen LogP contribution in [0.25, 0.3) is 0 Å². The number of hydrogen-bond donors (Lipinski definition) is 0. The normalized spacial score (nSPS) is 35.5. The monoisotopic (exact) mass is 318 g/mol. The fourth-order valence-corrected chi connectivity index (χ4v) is 5.35. The highest BCUT2D eigenvalue weighted by molar-refractivity contribution is 7.90. The fraction of sp³-hybridized carbons (Fsp3) is 1.00. The third kappa shape index (κ3) is 3.42. The number of hydrogen-bond acceptors (Lipinski definition) is 5. The van der Waals surface area contributed by atoms with E-state index in [-0.39, 0.29) is 5.25 Å². The molecule has 0 amide bonds. The molecule has 1 spiro atoms. The summed E-state index contributed by atoms with van der Waals surface area (Å²) in [4.78, 5) is 2.16. The van der Waals surface area contributed by atoms with Crippen molar-refractivity contribution in [2.75, 3.05) is 53.6 Å². The Labute approximate surface area is 127 Å². The van der Waals surface area contributed by atoms with Crippen LogP contribution in [-0.2, 0) is 19.5 Å². The smallest absolute Gasteiger partial charge is 0.217 e. The van der Waals surface area contributed by atoms with Crippen LogP contribution in [0.4, 0.5) is 0 Å². The number of nitrogens with zero attached hydrogens (tertiary/aromatic N) is 2. The Morgan fingerprint density at radius 2 is 2.10 bits per heavy atom. The van der Waals surface area contributed by atoms with Crippen LogP contribution in [0.3, 0.4) is 0 Å². The van der Waals surface area contributed by atoms with Gasteiger partial charge in [-0.15, -0.1) is 0 Å². The van der Waals surface area contributed by atoms with Gasteiger partial charge in [0.2, 0.25) is 10.0 Å². The zero-order valence-electron chi connectivity index (χ0n) is 13.0. The Hall–Kier alpha value is -0.210. The van der Waals surface area contributed by atoms with Gasteiger partial charge in [0.15, 0.2) is 0 Å². The summed E-state index contributed by atoms with van der Waals surface area (Å²) in [6, 6.07) is 0. The second-order valence-corrected chi connectivity index (χ2v) is 9.17. The standard InChI is InChI=1S/C14H26N2O4S/c1-15(2)8-12-7-14(20-9-12)10-16(5-6-19-11-14)21(17,18)13-3-4-13/h12-13H,3-11H2,1-2H3/t12-,14-/m1/s1. The molecule has 2 saturated heterocycles. The molecular formula is C14H26N2O4S. The molecule has 0 aromatic carbocycles. The summed E-state index contributed by atoms with van der Waals surface area (Å²) < 4.78 is 38.3. The Morgan fingerprint density at radius 3 is 2.76 bits per heavy atom. The van der Waals surface area contributed by atoms with Crippen molar-refractivity contribution in [1.82, 2.24) is 9.21 Å². The molecule has 1 saturated carbocycles. The second-order valence-electron chi connectivity index (χ2n) is 6.96. The summed E-state index contributed by atoms with van der Waals surface area (Å²) in [6.07, 6.45) is 2.48. The SMILES string of the molecule is CN(C)C[C@@H]1CO[C@]2(COCCN(S(=O)(=O)C3CC3)C2)C1. The largest absolute Gasteiger partial charge is 0.377 e. The molecule has 2 atom stereocenters. The molecule has 0 bridgehead atoms. The lowest BCUT2D eigenvalue weighted by Gasteiger charge is -2.30. The van der Waals surface area contributed by atoms with E-state index < -0.39 is 15.6 Å². The molecule has 2 heterocycles.